The summed E-state index contributed by atoms with van der Waals surface area (Å²) in [6, 6.07) is 16.8. The Labute approximate surface area is 131 Å². The van der Waals surface area contributed by atoms with Crippen molar-refractivity contribution in [3.63, 3.8) is 0 Å². The summed E-state index contributed by atoms with van der Waals surface area (Å²) >= 11 is 5.93. The fourth-order valence-electron chi connectivity index (χ4n) is 2.09. The van der Waals surface area contributed by atoms with Gasteiger partial charge in [0.2, 0.25) is 0 Å². The van der Waals surface area contributed by atoms with Crippen molar-refractivity contribution >= 4 is 29.4 Å². The summed E-state index contributed by atoms with van der Waals surface area (Å²) in [7, 11) is -2.76. The van der Waals surface area contributed by atoms with E-state index in [4.69, 9.17) is 16.3 Å². The molecule has 21 heavy (non-hydrogen) atoms. The van der Waals surface area contributed by atoms with Gasteiger partial charge in [0.05, 0.1) is 0 Å². The summed E-state index contributed by atoms with van der Waals surface area (Å²) in [5.74, 6) is 0. The molecule has 2 aromatic rings. The largest absolute Gasteiger partial charge is 0.373 e. The van der Waals surface area contributed by atoms with E-state index in [1.807, 2.05) is 42.5 Å². The molecule has 2 nitrogen and oxygen atoms in total. The number of hydrogen-bond acceptors (Lipinski definition) is 2. The van der Waals surface area contributed by atoms with Crippen molar-refractivity contribution in [2.75, 3.05) is 13.0 Å². The van der Waals surface area contributed by atoms with Crippen LogP contribution >= 0.6 is 18.7 Å². The number of ether oxygens (including phenoxy) is 1. The van der Waals surface area contributed by atoms with Gasteiger partial charge in [0.25, 0.3) is 0 Å². The van der Waals surface area contributed by atoms with Crippen LogP contribution in [0.5, 0.6) is 0 Å². The summed E-state index contributed by atoms with van der Waals surface area (Å²) in [6.07, 6.45) is 2.28. The maximum Gasteiger partial charge on any atom is 0.167 e. The highest BCUT2D eigenvalue weighted by Crippen LogP contribution is 2.43. The van der Waals surface area contributed by atoms with E-state index in [2.05, 4.69) is 6.92 Å². The van der Waals surface area contributed by atoms with Crippen LogP contribution in [0.2, 0.25) is 5.02 Å². The van der Waals surface area contributed by atoms with Crippen molar-refractivity contribution in [1.29, 1.82) is 0 Å². The lowest BCUT2D eigenvalue weighted by molar-refractivity contribution is 0.173. The van der Waals surface area contributed by atoms with Gasteiger partial charge >= 0.3 is 0 Å². The fourth-order valence-corrected chi connectivity index (χ4v) is 4.48. The lowest BCUT2D eigenvalue weighted by Crippen LogP contribution is -2.20. The summed E-state index contributed by atoms with van der Waals surface area (Å²) in [5, 5.41) is 2.25. The Hall–Kier alpha value is -1.08. The molecule has 0 radical (unpaired) electrons. The number of hydrogen-bond donors (Lipinski definition) is 0. The first kappa shape index (κ1) is 16.3. The molecule has 0 bridgehead atoms. The zero-order valence-electron chi connectivity index (χ0n) is 12.2. The zero-order valence-corrected chi connectivity index (χ0v) is 13.8. The average molecular weight is 323 g/mol. The van der Waals surface area contributed by atoms with Gasteiger partial charge in [-0.2, -0.15) is 0 Å². The number of rotatable bonds is 7. The van der Waals surface area contributed by atoms with Crippen molar-refractivity contribution < 1.29 is 9.30 Å². The molecule has 0 saturated heterocycles. The molecule has 0 fully saturated rings. The summed E-state index contributed by atoms with van der Waals surface area (Å²) in [6.45, 7) is 2.75. The van der Waals surface area contributed by atoms with Crippen LogP contribution in [-0.4, -0.2) is 13.0 Å². The molecule has 0 amide bonds. The third-order valence-corrected chi connectivity index (χ3v) is 6.40. The SMILES string of the molecule is CCCCOC[P@](=O)(c1ccccc1)c1ccc(Cl)cc1. The Morgan fingerprint density at radius 1 is 1.00 bits per heavy atom. The Kier molecular flexibility index (Phi) is 6.05. The van der Waals surface area contributed by atoms with Crippen LogP contribution in [-0.2, 0) is 9.30 Å². The molecule has 0 aliphatic carbocycles. The highest BCUT2D eigenvalue weighted by Gasteiger charge is 2.27. The van der Waals surface area contributed by atoms with Crippen LogP contribution in [0, 0.1) is 0 Å². The lowest BCUT2D eigenvalue weighted by atomic mass is 10.4. The molecule has 0 spiro atoms. The Morgan fingerprint density at radius 2 is 1.62 bits per heavy atom. The van der Waals surface area contributed by atoms with Crippen LogP contribution in [0.3, 0.4) is 0 Å². The topological polar surface area (TPSA) is 26.3 Å². The minimum absolute atomic E-state index is 0.235. The van der Waals surface area contributed by atoms with E-state index in [0.717, 1.165) is 23.5 Å². The van der Waals surface area contributed by atoms with E-state index in [-0.39, 0.29) is 6.35 Å². The molecule has 2 aromatic carbocycles. The van der Waals surface area contributed by atoms with Gasteiger partial charge in [0, 0.05) is 22.2 Å². The summed E-state index contributed by atoms with van der Waals surface area (Å²) < 4.78 is 19.2. The second kappa shape index (κ2) is 7.79. The number of halogens is 1. The van der Waals surface area contributed by atoms with Gasteiger partial charge in [-0.25, -0.2) is 0 Å². The molecular weight excluding hydrogens is 303 g/mol. The van der Waals surface area contributed by atoms with Crippen LogP contribution in [0.4, 0.5) is 0 Å². The molecule has 0 unspecified atom stereocenters. The predicted octanol–water partition coefficient (Wildman–Crippen LogP) is 4.43. The highest BCUT2D eigenvalue weighted by atomic mass is 35.5. The first-order valence-corrected chi connectivity index (χ1v) is 9.42. The predicted molar refractivity (Wildman–Crippen MR) is 90.5 cm³/mol. The van der Waals surface area contributed by atoms with Crippen molar-refractivity contribution in [2.45, 2.75) is 19.8 Å². The van der Waals surface area contributed by atoms with E-state index in [0.29, 0.717) is 11.6 Å². The van der Waals surface area contributed by atoms with Crippen LogP contribution in [0.25, 0.3) is 0 Å². The van der Waals surface area contributed by atoms with Gasteiger partial charge in [-0.05, 0) is 30.7 Å². The second-order valence-electron chi connectivity index (χ2n) is 4.94. The molecular formula is C17H20ClO2P. The van der Waals surface area contributed by atoms with Gasteiger partial charge in [-0.3, -0.25) is 0 Å². The van der Waals surface area contributed by atoms with Crippen LogP contribution in [0.1, 0.15) is 19.8 Å². The van der Waals surface area contributed by atoms with Gasteiger partial charge in [0.15, 0.2) is 7.14 Å². The summed E-state index contributed by atoms with van der Waals surface area (Å²) in [5.41, 5.74) is 0. The molecule has 0 aromatic heterocycles. The fraction of sp³-hybridized carbons (Fsp3) is 0.294. The van der Waals surface area contributed by atoms with Gasteiger partial charge in [0.1, 0.15) is 6.35 Å². The molecule has 4 heteroatoms. The van der Waals surface area contributed by atoms with Gasteiger partial charge in [-0.15, -0.1) is 0 Å². The van der Waals surface area contributed by atoms with E-state index < -0.39 is 7.14 Å². The molecule has 0 heterocycles. The van der Waals surface area contributed by atoms with Crippen molar-refractivity contribution in [1.82, 2.24) is 0 Å². The van der Waals surface area contributed by atoms with Gasteiger partial charge in [-0.1, -0.05) is 55.3 Å². The molecule has 0 aliphatic heterocycles. The first-order chi connectivity index (χ1) is 10.2. The van der Waals surface area contributed by atoms with E-state index in [1.54, 1.807) is 12.1 Å². The first-order valence-electron chi connectivity index (χ1n) is 7.15. The molecule has 0 aliphatic rings. The molecule has 2 rings (SSSR count). The Morgan fingerprint density at radius 3 is 2.24 bits per heavy atom. The van der Waals surface area contributed by atoms with Crippen molar-refractivity contribution in [3.05, 3.63) is 59.6 Å². The van der Waals surface area contributed by atoms with Crippen molar-refractivity contribution in [3.8, 4) is 0 Å². The quantitative estimate of drug-likeness (QED) is 0.557. The van der Waals surface area contributed by atoms with E-state index in [1.165, 1.54) is 0 Å². The minimum atomic E-state index is -2.76. The number of unbranched alkanes of at least 4 members (excludes halogenated alkanes) is 1. The molecule has 0 saturated carbocycles. The zero-order chi connectivity index (χ0) is 15.1. The van der Waals surface area contributed by atoms with E-state index >= 15 is 0 Å². The maximum absolute atomic E-state index is 13.5. The standard InChI is InChI=1S/C17H20ClO2P/c1-2-3-13-20-14-21(19,16-7-5-4-6-8-16)17-11-9-15(18)10-12-17/h4-12H,2-3,13-14H2,1H3/t21-/m0/s1. The number of benzene rings is 2. The van der Waals surface area contributed by atoms with Crippen LogP contribution in [0.15, 0.2) is 54.6 Å². The smallest absolute Gasteiger partial charge is 0.167 e. The lowest BCUT2D eigenvalue weighted by Gasteiger charge is -2.19. The second-order valence-corrected chi connectivity index (χ2v) is 8.15. The summed E-state index contributed by atoms with van der Waals surface area (Å²) in [4.78, 5) is 0. The normalized spacial score (nSPS) is 13.8. The third-order valence-electron chi connectivity index (χ3n) is 3.33. The van der Waals surface area contributed by atoms with Crippen molar-refractivity contribution in [2.24, 2.45) is 0 Å². The third kappa shape index (κ3) is 4.20. The van der Waals surface area contributed by atoms with Crippen LogP contribution < -0.4 is 10.6 Å². The molecule has 0 N–H and O–H groups in total. The Bertz CT molecular complexity index is 596. The molecule has 112 valence electrons. The molecule has 1 atom stereocenters. The van der Waals surface area contributed by atoms with Gasteiger partial charge < -0.3 is 9.30 Å². The maximum atomic E-state index is 13.5. The minimum Gasteiger partial charge on any atom is -0.373 e. The van der Waals surface area contributed by atoms with E-state index in [9.17, 15) is 4.57 Å². The average Bonchev–Trinajstić information content (AvgIpc) is 2.53. The Balaban J connectivity index is 2.30. The monoisotopic (exact) mass is 322 g/mol. The highest BCUT2D eigenvalue weighted by molar-refractivity contribution is 7.78.